The van der Waals surface area contributed by atoms with E-state index in [0.29, 0.717) is 45.4 Å². The Morgan fingerprint density at radius 2 is 1.72 bits per heavy atom. The van der Waals surface area contributed by atoms with Gasteiger partial charge in [-0.25, -0.2) is 0 Å². The topological polar surface area (TPSA) is 164 Å². The summed E-state index contributed by atoms with van der Waals surface area (Å²) in [6.45, 7) is 0.161. The number of nitro groups is 1. The van der Waals surface area contributed by atoms with Gasteiger partial charge in [-0.2, -0.15) is 0 Å². The molecule has 0 saturated carbocycles. The molecule has 0 aromatic heterocycles. The molecule has 0 fully saturated rings. The van der Waals surface area contributed by atoms with Crippen molar-refractivity contribution in [2.24, 2.45) is 0 Å². The molecule has 36 heavy (non-hydrogen) atoms. The van der Waals surface area contributed by atoms with Crippen LogP contribution in [0.25, 0.3) is 6.08 Å². The lowest BCUT2D eigenvalue weighted by Gasteiger charge is -2.15. The van der Waals surface area contributed by atoms with Crippen LogP contribution in [0.5, 0.6) is 17.2 Å². The van der Waals surface area contributed by atoms with E-state index in [1.807, 2.05) is 0 Å². The molecule has 0 aliphatic carbocycles. The monoisotopic (exact) mass is 493 g/mol. The van der Waals surface area contributed by atoms with Gasteiger partial charge in [0.2, 0.25) is 11.7 Å². The number of nitrogen functional groups attached to an aromatic ring is 2. The van der Waals surface area contributed by atoms with Crippen LogP contribution in [0.3, 0.4) is 0 Å². The predicted molar refractivity (Wildman–Crippen MR) is 139 cm³/mol. The fraction of sp³-hybridized carbons (Fsp3) is 0.160. The molecule has 0 unspecified atom stereocenters. The van der Waals surface area contributed by atoms with Crippen molar-refractivity contribution >= 4 is 40.4 Å². The summed E-state index contributed by atoms with van der Waals surface area (Å²) >= 11 is 0. The van der Waals surface area contributed by atoms with E-state index in [-0.39, 0.29) is 17.9 Å². The van der Waals surface area contributed by atoms with Crippen LogP contribution in [0, 0.1) is 10.1 Å². The maximum atomic E-state index is 12.3. The molecule has 11 heteroatoms. The van der Waals surface area contributed by atoms with Crippen LogP contribution >= 0.6 is 0 Å². The average Bonchev–Trinajstić information content (AvgIpc) is 2.88. The largest absolute Gasteiger partial charge is 0.493 e. The minimum atomic E-state index is -0.475. The summed E-state index contributed by atoms with van der Waals surface area (Å²) in [6.07, 6.45) is 2.73. The van der Waals surface area contributed by atoms with Crippen LogP contribution in [-0.2, 0) is 11.3 Å². The van der Waals surface area contributed by atoms with Gasteiger partial charge < -0.3 is 36.3 Å². The highest BCUT2D eigenvalue weighted by atomic mass is 16.6. The summed E-state index contributed by atoms with van der Waals surface area (Å²) in [5.74, 6) is 0.887. The Kier molecular flexibility index (Phi) is 8.18. The number of ether oxygens (including phenoxy) is 3. The zero-order chi connectivity index (χ0) is 26.2. The second-order valence-corrected chi connectivity index (χ2v) is 7.54. The predicted octanol–water partition coefficient (Wildman–Crippen LogP) is 4.05. The van der Waals surface area contributed by atoms with Gasteiger partial charge in [0.15, 0.2) is 11.5 Å². The van der Waals surface area contributed by atoms with Gasteiger partial charge in [0.1, 0.15) is 0 Å². The van der Waals surface area contributed by atoms with Crippen molar-refractivity contribution in [3.63, 3.8) is 0 Å². The molecular weight excluding hydrogens is 466 g/mol. The quantitative estimate of drug-likeness (QED) is 0.141. The number of amides is 1. The first-order valence-electron chi connectivity index (χ1n) is 10.7. The van der Waals surface area contributed by atoms with Gasteiger partial charge in [0.25, 0.3) is 5.69 Å². The number of hydrogen-bond acceptors (Lipinski definition) is 9. The Balaban J connectivity index is 1.76. The van der Waals surface area contributed by atoms with Crippen molar-refractivity contribution in [3.8, 4) is 17.2 Å². The molecule has 0 bridgehead atoms. The maximum absolute atomic E-state index is 12.3. The van der Waals surface area contributed by atoms with Crippen LogP contribution in [0.4, 0.5) is 28.4 Å². The van der Waals surface area contributed by atoms with Crippen molar-refractivity contribution in [3.05, 3.63) is 75.8 Å². The number of nitrogens with two attached hydrogens (primary N) is 2. The lowest BCUT2D eigenvalue weighted by Crippen LogP contribution is -2.10. The van der Waals surface area contributed by atoms with Gasteiger partial charge in [0.05, 0.1) is 43.3 Å². The number of methoxy groups -OCH3 is 3. The van der Waals surface area contributed by atoms with Crippen LogP contribution in [0.15, 0.2) is 54.6 Å². The molecule has 188 valence electrons. The number of carbonyl (C=O) groups excluding carboxylic acids is 1. The number of nitro benzene ring substituents is 1. The zero-order valence-corrected chi connectivity index (χ0v) is 20.0. The van der Waals surface area contributed by atoms with Gasteiger partial charge in [0, 0.05) is 42.1 Å². The number of nitrogens with zero attached hydrogens (tertiary/aromatic N) is 1. The van der Waals surface area contributed by atoms with E-state index < -0.39 is 10.8 Å². The van der Waals surface area contributed by atoms with Crippen molar-refractivity contribution in [1.29, 1.82) is 0 Å². The zero-order valence-electron chi connectivity index (χ0n) is 20.0. The molecule has 0 aliphatic rings. The average molecular weight is 494 g/mol. The van der Waals surface area contributed by atoms with Crippen molar-refractivity contribution in [2.75, 3.05) is 43.4 Å². The second-order valence-electron chi connectivity index (χ2n) is 7.54. The standard InChI is InChI=1S/C25H27N5O6/c1-34-21-12-17(13-22(35-2)25(21)36-3)28-14-16-9-7-15(11-20(16)30(32)33)8-10-23(31)29-19-6-4-5-18(26)24(19)27/h4-13,28H,14,26-27H2,1-3H3,(H,29,31). The van der Waals surface area contributed by atoms with Gasteiger partial charge in [-0.1, -0.05) is 12.1 Å². The molecular formula is C25H27N5O6. The minimum absolute atomic E-state index is 0.0995. The lowest BCUT2D eigenvalue weighted by atomic mass is 10.1. The highest BCUT2D eigenvalue weighted by Crippen LogP contribution is 2.40. The Morgan fingerprint density at radius 1 is 1.03 bits per heavy atom. The Morgan fingerprint density at radius 3 is 2.33 bits per heavy atom. The van der Waals surface area contributed by atoms with Gasteiger partial charge in [-0.05, 0) is 29.8 Å². The van der Waals surface area contributed by atoms with Crippen LogP contribution in [0.1, 0.15) is 11.1 Å². The van der Waals surface area contributed by atoms with Crippen molar-refractivity contribution < 1.29 is 23.9 Å². The molecule has 11 nitrogen and oxygen atoms in total. The molecule has 0 heterocycles. The Hall–Kier alpha value is -4.93. The number of benzene rings is 3. The summed E-state index contributed by atoms with van der Waals surface area (Å²) < 4.78 is 16.0. The van der Waals surface area contributed by atoms with Crippen LogP contribution < -0.4 is 36.3 Å². The lowest BCUT2D eigenvalue weighted by molar-refractivity contribution is -0.385. The van der Waals surface area contributed by atoms with E-state index in [1.165, 1.54) is 39.5 Å². The molecule has 0 atom stereocenters. The fourth-order valence-corrected chi connectivity index (χ4v) is 3.42. The van der Waals surface area contributed by atoms with E-state index in [9.17, 15) is 14.9 Å². The number of anilines is 4. The third-order valence-electron chi connectivity index (χ3n) is 5.28. The molecule has 3 aromatic carbocycles. The third kappa shape index (κ3) is 5.95. The van der Waals surface area contributed by atoms with E-state index in [4.69, 9.17) is 25.7 Å². The molecule has 0 saturated heterocycles. The van der Waals surface area contributed by atoms with Crippen molar-refractivity contribution in [1.82, 2.24) is 0 Å². The summed E-state index contributed by atoms with van der Waals surface area (Å²) in [4.78, 5) is 23.5. The van der Waals surface area contributed by atoms with Gasteiger partial charge in [-0.3, -0.25) is 14.9 Å². The Labute approximate surface area is 207 Å². The van der Waals surface area contributed by atoms with Gasteiger partial charge >= 0.3 is 0 Å². The first-order valence-corrected chi connectivity index (χ1v) is 10.7. The number of nitrogens with one attached hydrogen (secondary N) is 2. The number of para-hydroxylation sites is 1. The maximum Gasteiger partial charge on any atom is 0.274 e. The highest BCUT2D eigenvalue weighted by molar-refractivity contribution is 6.04. The molecule has 3 rings (SSSR count). The van der Waals surface area contributed by atoms with Crippen LogP contribution in [-0.4, -0.2) is 32.2 Å². The van der Waals surface area contributed by atoms with E-state index in [1.54, 1.807) is 42.5 Å². The Bertz CT molecular complexity index is 1280. The molecule has 1 amide bonds. The van der Waals surface area contributed by atoms with E-state index in [0.717, 1.165) is 0 Å². The molecule has 0 radical (unpaired) electrons. The smallest absolute Gasteiger partial charge is 0.274 e. The normalized spacial score (nSPS) is 10.6. The summed E-state index contributed by atoms with van der Waals surface area (Å²) in [6, 6.07) is 13.0. The van der Waals surface area contributed by atoms with E-state index >= 15 is 0 Å². The molecule has 6 N–H and O–H groups in total. The molecule has 0 aliphatic heterocycles. The highest BCUT2D eigenvalue weighted by Gasteiger charge is 2.16. The number of carbonyl (C=O) groups is 1. The van der Waals surface area contributed by atoms with E-state index in [2.05, 4.69) is 10.6 Å². The number of rotatable bonds is 10. The van der Waals surface area contributed by atoms with Crippen LogP contribution in [0.2, 0.25) is 0 Å². The third-order valence-corrected chi connectivity index (χ3v) is 5.28. The second kappa shape index (κ2) is 11.5. The number of hydrogen-bond donors (Lipinski definition) is 4. The molecule has 3 aromatic rings. The summed E-state index contributed by atoms with van der Waals surface area (Å²) in [5.41, 5.74) is 14.0. The minimum Gasteiger partial charge on any atom is -0.493 e. The summed E-state index contributed by atoms with van der Waals surface area (Å²) in [5, 5.41) is 17.5. The first kappa shape index (κ1) is 25.7. The first-order chi connectivity index (χ1) is 17.3. The summed E-state index contributed by atoms with van der Waals surface area (Å²) in [7, 11) is 4.51. The van der Waals surface area contributed by atoms with Gasteiger partial charge in [-0.15, -0.1) is 0 Å². The molecule has 0 spiro atoms. The van der Waals surface area contributed by atoms with Crippen molar-refractivity contribution in [2.45, 2.75) is 6.54 Å². The SMILES string of the molecule is COc1cc(NCc2ccc(C=CC(=O)Nc3cccc(N)c3N)cc2[N+](=O)[O-])cc(OC)c1OC. The fourth-order valence-electron chi connectivity index (χ4n) is 3.42.